The number of rotatable bonds is 2. The van der Waals surface area contributed by atoms with Gasteiger partial charge in [0.1, 0.15) is 5.60 Å². The van der Waals surface area contributed by atoms with Gasteiger partial charge in [-0.3, -0.25) is 0 Å². The average Bonchev–Trinajstić information content (AvgIpc) is 1.67. The van der Waals surface area contributed by atoms with Crippen LogP contribution in [-0.2, 0) is 4.74 Å². The van der Waals surface area contributed by atoms with Crippen LogP contribution in [0, 0.1) is 12.3 Å². The number of terminal acetylenes is 1. The SMILES string of the molecule is C#CC(C)(C)OCC. The third-order valence-corrected chi connectivity index (χ3v) is 0.853. The maximum atomic E-state index is 5.14. The minimum atomic E-state index is -0.380. The Morgan fingerprint density at radius 1 is 1.62 bits per heavy atom. The Balaban J connectivity index is 3.59. The molecule has 1 nitrogen and oxygen atoms in total. The van der Waals surface area contributed by atoms with Crippen molar-refractivity contribution in [3.05, 3.63) is 0 Å². The van der Waals surface area contributed by atoms with Crippen LogP contribution in [0.1, 0.15) is 20.8 Å². The summed E-state index contributed by atoms with van der Waals surface area (Å²) in [6.07, 6.45) is 5.12. The van der Waals surface area contributed by atoms with Gasteiger partial charge >= 0.3 is 0 Å². The third kappa shape index (κ3) is 2.65. The Morgan fingerprint density at radius 2 is 2.12 bits per heavy atom. The van der Waals surface area contributed by atoms with E-state index in [1.54, 1.807) is 0 Å². The van der Waals surface area contributed by atoms with Crippen molar-refractivity contribution in [2.75, 3.05) is 6.61 Å². The first kappa shape index (κ1) is 7.52. The summed E-state index contributed by atoms with van der Waals surface area (Å²) in [7, 11) is 0. The monoisotopic (exact) mass is 112 g/mol. The third-order valence-electron chi connectivity index (χ3n) is 0.853. The molecule has 0 aromatic carbocycles. The Morgan fingerprint density at radius 3 is 2.25 bits per heavy atom. The van der Waals surface area contributed by atoms with Gasteiger partial charge in [0.2, 0.25) is 0 Å². The molecule has 0 saturated carbocycles. The van der Waals surface area contributed by atoms with Gasteiger partial charge in [-0.05, 0) is 20.8 Å². The largest absolute Gasteiger partial charge is 0.363 e. The van der Waals surface area contributed by atoms with E-state index in [4.69, 9.17) is 11.2 Å². The van der Waals surface area contributed by atoms with Crippen LogP contribution in [0.2, 0.25) is 0 Å². The van der Waals surface area contributed by atoms with Crippen molar-refractivity contribution in [2.45, 2.75) is 26.4 Å². The molecule has 0 aliphatic carbocycles. The van der Waals surface area contributed by atoms with E-state index >= 15 is 0 Å². The molecule has 0 heterocycles. The highest BCUT2D eigenvalue weighted by atomic mass is 16.5. The van der Waals surface area contributed by atoms with Crippen LogP contribution in [0.15, 0.2) is 0 Å². The Labute approximate surface area is 51.0 Å². The van der Waals surface area contributed by atoms with E-state index in [1.807, 2.05) is 20.8 Å². The van der Waals surface area contributed by atoms with Crippen molar-refractivity contribution < 1.29 is 4.74 Å². The normalized spacial score (nSPS) is 10.8. The van der Waals surface area contributed by atoms with Gasteiger partial charge in [0.15, 0.2) is 0 Å². The van der Waals surface area contributed by atoms with E-state index < -0.39 is 0 Å². The molecule has 0 rings (SSSR count). The molecule has 0 radical (unpaired) electrons. The van der Waals surface area contributed by atoms with Gasteiger partial charge in [-0.2, -0.15) is 0 Å². The summed E-state index contributed by atoms with van der Waals surface area (Å²) in [5.41, 5.74) is -0.380. The molecule has 1 heteroatoms. The second kappa shape index (κ2) is 2.74. The number of hydrogen-bond donors (Lipinski definition) is 0. The van der Waals surface area contributed by atoms with Crippen LogP contribution in [-0.4, -0.2) is 12.2 Å². The van der Waals surface area contributed by atoms with Crippen molar-refractivity contribution in [2.24, 2.45) is 0 Å². The first-order valence-corrected chi connectivity index (χ1v) is 2.74. The minimum Gasteiger partial charge on any atom is -0.363 e. The van der Waals surface area contributed by atoms with E-state index in [2.05, 4.69) is 5.92 Å². The zero-order valence-electron chi connectivity index (χ0n) is 5.69. The van der Waals surface area contributed by atoms with Crippen LogP contribution in [0.4, 0.5) is 0 Å². The summed E-state index contributed by atoms with van der Waals surface area (Å²) < 4.78 is 5.14. The van der Waals surface area contributed by atoms with Gasteiger partial charge in [0.25, 0.3) is 0 Å². The van der Waals surface area contributed by atoms with E-state index in [9.17, 15) is 0 Å². The van der Waals surface area contributed by atoms with Crippen molar-refractivity contribution >= 4 is 0 Å². The quantitative estimate of drug-likeness (QED) is 0.491. The lowest BCUT2D eigenvalue weighted by molar-refractivity contribution is 0.0363. The second-order valence-electron chi connectivity index (χ2n) is 2.09. The van der Waals surface area contributed by atoms with E-state index in [1.165, 1.54) is 0 Å². The molecule has 0 unspecified atom stereocenters. The van der Waals surface area contributed by atoms with Gasteiger partial charge in [-0.1, -0.05) is 5.92 Å². The molecule has 0 amide bonds. The molecular weight excluding hydrogens is 100 g/mol. The molecule has 0 aromatic heterocycles. The summed E-state index contributed by atoms with van der Waals surface area (Å²) in [5, 5.41) is 0. The van der Waals surface area contributed by atoms with Crippen LogP contribution in [0.5, 0.6) is 0 Å². The molecule has 0 atom stereocenters. The molecule has 0 aromatic rings. The molecule has 0 fully saturated rings. The van der Waals surface area contributed by atoms with Gasteiger partial charge in [-0.25, -0.2) is 0 Å². The van der Waals surface area contributed by atoms with Crippen LogP contribution < -0.4 is 0 Å². The predicted molar refractivity (Wildman–Crippen MR) is 34.5 cm³/mol. The minimum absolute atomic E-state index is 0.380. The Kier molecular flexibility index (Phi) is 2.57. The topological polar surface area (TPSA) is 9.23 Å². The molecule has 0 aliphatic rings. The zero-order chi connectivity index (χ0) is 6.62. The van der Waals surface area contributed by atoms with E-state index in [-0.39, 0.29) is 5.60 Å². The van der Waals surface area contributed by atoms with Crippen LogP contribution >= 0.6 is 0 Å². The number of hydrogen-bond acceptors (Lipinski definition) is 1. The lowest BCUT2D eigenvalue weighted by Gasteiger charge is -2.16. The first-order valence-electron chi connectivity index (χ1n) is 2.74. The molecule has 0 aliphatic heterocycles. The molecule has 0 bridgehead atoms. The van der Waals surface area contributed by atoms with Gasteiger partial charge in [0, 0.05) is 6.61 Å². The summed E-state index contributed by atoms with van der Waals surface area (Å²) >= 11 is 0. The molecule has 0 saturated heterocycles. The smallest absolute Gasteiger partial charge is 0.122 e. The van der Waals surface area contributed by atoms with Crippen LogP contribution in [0.3, 0.4) is 0 Å². The zero-order valence-corrected chi connectivity index (χ0v) is 5.69. The van der Waals surface area contributed by atoms with Crippen molar-refractivity contribution in [3.63, 3.8) is 0 Å². The molecule has 8 heavy (non-hydrogen) atoms. The fourth-order valence-electron chi connectivity index (χ4n) is 0.403. The first-order chi connectivity index (χ1) is 3.62. The highest BCUT2D eigenvalue weighted by molar-refractivity contribution is 5.02. The van der Waals surface area contributed by atoms with E-state index in [0.29, 0.717) is 6.61 Å². The van der Waals surface area contributed by atoms with Gasteiger partial charge in [0.05, 0.1) is 0 Å². The maximum Gasteiger partial charge on any atom is 0.122 e. The number of ether oxygens (including phenoxy) is 1. The van der Waals surface area contributed by atoms with Crippen molar-refractivity contribution in [1.82, 2.24) is 0 Å². The summed E-state index contributed by atoms with van der Waals surface area (Å²) in [5.74, 6) is 2.52. The maximum absolute atomic E-state index is 5.14. The summed E-state index contributed by atoms with van der Waals surface area (Å²) in [6, 6.07) is 0. The molecule has 0 spiro atoms. The molecule has 0 N–H and O–H groups in total. The van der Waals surface area contributed by atoms with Gasteiger partial charge in [-0.15, -0.1) is 6.42 Å². The van der Waals surface area contributed by atoms with Crippen LogP contribution in [0.25, 0.3) is 0 Å². The Bertz CT molecular complexity index is 97.4. The fourth-order valence-corrected chi connectivity index (χ4v) is 0.403. The fraction of sp³-hybridized carbons (Fsp3) is 0.714. The van der Waals surface area contributed by atoms with Crippen molar-refractivity contribution in [3.8, 4) is 12.3 Å². The Hall–Kier alpha value is -0.480. The highest BCUT2D eigenvalue weighted by Crippen LogP contribution is 2.04. The van der Waals surface area contributed by atoms with Crippen molar-refractivity contribution in [1.29, 1.82) is 0 Å². The van der Waals surface area contributed by atoms with E-state index in [0.717, 1.165) is 0 Å². The standard InChI is InChI=1S/C7H12O/c1-5-7(3,4)8-6-2/h1H,6H2,2-4H3. The lowest BCUT2D eigenvalue weighted by Crippen LogP contribution is -2.21. The molecular formula is C7H12O. The van der Waals surface area contributed by atoms with Gasteiger partial charge < -0.3 is 4.74 Å². The lowest BCUT2D eigenvalue weighted by atomic mass is 10.1. The summed E-state index contributed by atoms with van der Waals surface area (Å²) in [6.45, 7) is 6.35. The second-order valence-corrected chi connectivity index (χ2v) is 2.09. The highest BCUT2D eigenvalue weighted by Gasteiger charge is 2.10. The predicted octanol–water partition coefficient (Wildman–Crippen LogP) is 1.43. The summed E-state index contributed by atoms with van der Waals surface area (Å²) in [4.78, 5) is 0. The molecule has 46 valence electrons. The average molecular weight is 112 g/mol.